The number of rotatable bonds is 5. The molecule has 0 aliphatic heterocycles. The molecule has 0 spiro atoms. The Morgan fingerprint density at radius 3 is 2.44 bits per heavy atom. The van der Waals surface area contributed by atoms with Gasteiger partial charge in [0, 0.05) is 22.8 Å². The van der Waals surface area contributed by atoms with Crippen molar-refractivity contribution < 1.29 is 13.2 Å². The van der Waals surface area contributed by atoms with Gasteiger partial charge in [-0.3, -0.25) is 4.79 Å². The Kier molecular flexibility index (Phi) is 6.01. The van der Waals surface area contributed by atoms with E-state index in [1.807, 2.05) is 25.1 Å². The quantitative estimate of drug-likeness (QED) is 0.756. The van der Waals surface area contributed by atoms with Crippen LogP contribution < -0.4 is 9.62 Å². The number of halogens is 1. The van der Waals surface area contributed by atoms with E-state index in [1.165, 1.54) is 29.2 Å². The van der Waals surface area contributed by atoms with E-state index >= 15 is 0 Å². The number of carbonyl (C=O) groups excluding carboxylic acids is 1. The van der Waals surface area contributed by atoms with Gasteiger partial charge in [0.15, 0.2) is 0 Å². The molecule has 25 heavy (non-hydrogen) atoms. The number of nitrogens with zero attached hydrogens (tertiary/aromatic N) is 1. The lowest BCUT2D eigenvalue weighted by Crippen LogP contribution is -2.27. The fraction of sp³-hybridized carbons (Fsp3) is 0.167. The lowest BCUT2D eigenvalue weighted by Gasteiger charge is -2.18. The highest BCUT2D eigenvalue weighted by atomic mass is 79.9. The highest BCUT2D eigenvalue weighted by molar-refractivity contribution is 9.10. The van der Waals surface area contributed by atoms with Crippen LogP contribution in [-0.4, -0.2) is 27.9 Å². The van der Waals surface area contributed by atoms with E-state index in [9.17, 15) is 13.2 Å². The molecule has 0 aliphatic rings. The van der Waals surface area contributed by atoms with Gasteiger partial charge < -0.3 is 4.90 Å². The number of aryl methyl sites for hydroxylation is 1. The number of carbonyl (C=O) groups is 1. The molecule has 0 saturated heterocycles. The van der Waals surface area contributed by atoms with Gasteiger partial charge in [0.2, 0.25) is 10.0 Å². The van der Waals surface area contributed by atoms with Gasteiger partial charge in [-0.15, -0.1) is 6.42 Å². The van der Waals surface area contributed by atoms with Crippen LogP contribution in [0, 0.1) is 19.3 Å². The molecule has 7 heteroatoms. The number of amides is 1. The molecule has 0 saturated carbocycles. The molecule has 0 aromatic heterocycles. The summed E-state index contributed by atoms with van der Waals surface area (Å²) in [5, 5.41) is 0. The molecule has 2 rings (SSSR count). The Morgan fingerprint density at radius 1 is 1.24 bits per heavy atom. The molecule has 0 radical (unpaired) electrons. The second-order valence-electron chi connectivity index (χ2n) is 5.35. The van der Waals surface area contributed by atoms with Crippen molar-refractivity contribution in [1.29, 1.82) is 0 Å². The Morgan fingerprint density at radius 2 is 1.88 bits per heavy atom. The van der Waals surface area contributed by atoms with E-state index in [2.05, 4.69) is 26.6 Å². The Bertz CT molecular complexity index is 932. The second kappa shape index (κ2) is 7.83. The lowest BCUT2D eigenvalue weighted by atomic mass is 10.1. The lowest BCUT2D eigenvalue weighted by molar-refractivity contribution is 0.0993. The van der Waals surface area contributed by atoms with Crippen molar-refractivity contribution in [3.8, 4) is 12.3 Å². The van der Waals surface area contributed by atoms with Crippen molar-refractivity contribution in [3.63, 3.8) is 0 Å². The third kappa shape index (κ3) is 4.48. The van der Waals surface area contributed by atoms with Crippen molar-refractivity contribution in [3.05, 3.63) is 58.1 Å². The normalized spacial score (nSPS) is 11.0. The average Bonchev–Trinajstić information content (AvgIpc) is 2.61. The number of hydrogen-bond acceptors (Lipinski definition) is 3. The first-order valence-corrected chi connectivity index (χ1v) is 9.61. The summed E-state index contributed by atoms with van der Waals surface area (Å²) in [6.45, 7) is 1.85. The number of hydrogen-bond donors (Lipinski definition) is 1. The molecule has 0 bridgehead atoms. The van der Waals surface area contributed by atoms with Gasteiger partial charge in [-0.05, 0) is 55.0 Å². The van der Waals surface area contributed by atoms with Crippen molar-refractivity contribution in [1.82, 2.24) is 4.72 Å². The van der Waals surface area contributed by atoms with E-state index in [4.69, 9.17) is 6.42 Å². The Balaban J connectivity index is 2.22. The topological polar surface area (TPSA) is 66.5 Å². The zero-order valence-corrected chi connectivity index (χ0v) is 16.2. The molecule has 1 amide bonds. The first kappa shape index (κ1) is 19.2. The molecule has 5 nitrogen and oxygen atoms in total. The third-order valence-electron chi connectivity index (χ3n) is 3.61. The molecule has 0 aliphatic carbocycles. The van der Waals surface area contributed by atoms with Gasteiger partial charge in [-0.1, -0.05) is 21.9 Å². The summed E-state index contributed by atoms with van der Waals surface area (Å²) in [7, 11) is -2.00. The van der Waals surface area contributed by atoms with Crippen LogP contribution in [0.5, 0.6) is 0 Å². The third-order valence-corrected chi connectivity index (χ3v) is 5.92. The monoisotopic (exact) mass is 420 g/mol. The van der Waals surface area contributed by atoms with Crippen LogP contribution in [0.25, 0.3) is 0 Å². The molecule has 130 valence electrons. The van der Waals surface area contributed by atoms with Gasteiger partial charge in [0.1, 0.15) is 0 Å². The van der Waals surface area contributed by atoms with Gasteiger partial charge in [0.25, 0.3) is 5.91 Å². The minimum absolute atomic E-state index is 0.0569. The molecule has 1 N–H and O–H groups in total. The molecule has 0 atom stereocenters. The fourth-order valence-electron chi connectivity index (χ4n) is 2.15. The van der Waals surface area contributed by atoms with Gasteiger partial charge in [0.05, 0.1) is 11.4 Å². The zero-order chi connectivity index (χ0) is 18.6. The van der Waals surface area contributed by atoms with Crippen molar-refractivity contribution in [2.24, 2.45) is 0 Å². The first-order valence-electron chi connectivity index (χ1n) is 7.33. The van der Waals surface area contributed by atoms with Gasteiger partial charge >= 0.3 is 0 Å². The van der Waals surface area contributed by atoms with Crippen molar-refractivity contribution >= 4 is 37.5 Å². The number of benzene rings is 2. The summed E-state index contributed by atoms with van der Waals surface area (Å²) < 4.78 is 27.2. The largest absolute Gasteiger partial charge is 0.311 e. The summed E-state index contributed by atoms with van der Waals surface area (Å²) in [4.78, 5) is 14.2. The molecular weight excluding hydrogens is 404 g/mol. The molecule has 0 fully saturated rings. The molecular formula is C18H17BrN2O3S. The zero-order valence-electron chi connectivity index (χ0n) is 13.8. The van der Waals surface area contributed by atoms with Crippen LogP contribution in [0.2, 0.25) is 0 Å². The summed E-state index contributed by atoms with van der Waals surface area (Å²) in [6, 6.07) is 11.3. The molecule has 2 aromatic rings. The highest BCUT2D eigenvalue weighted by Crippen LogP contribution is 2.23. The molecule has 2 aromatic carbocycles. The number of anilines is 1. The van der Waals surface area contributed by atoms with E-state index < -0.39 is 10.0 Å². The number of nitrogens with one attached hydrogen (secondary N) is 1. The van der Waals surface area contributed by atoms with E-state index in [0.29, 0.717) is 5.56 Å². The summed E-state index contributed by atoms with van der Waals surface area (Å²) in [6.07, 6.45) is 5.06. The van der Waals surface area contributed by atoms with Gasteiger partial charge in [-0.25, -0.2) is 8.42 Å². The minimum Gasteiger partial charge on any atom is -0.311 e. The van der Waals surface area contributed by atoms with Crippen LogP contribution in [0.15, 0.2) is 51.8 Å². The summed E-state index contributed by atoms with van der Waals surface area (Å²) in [5.74, 6) is 1.98. The average molecular weight is 421 g/mol. The van der Waals surface area contributed by atoms with Crippen molar-refractivity contribution in [2.45, 2.75) is 11.8 Å². The van der Waals surface area contributed by atoms with E-state index in [0.717, 1.165) is 15.7 Å². The summed E-state index contributed by atoms with van der Waals surface area (Å²) in [5.41, 5.74) is 2.15. The van der Waals surface area contributed by atoms with Crippen LogP contribution in [-0.2, 0) is 10.0 Å². The maximum Gasteiger partial charge on any atom is 0.258 e. The minimum atomic E-state index is -3.67. The number of terminal acetylenes is 1. The maximum absolute atomic E-state index is 12.6. The van der Waals surface area contributed by atoms with Crippen LogP contribution in [0.3, 0.4) is 0 Å². The van der Waals surface area contributed by atoms with Crippen molar-refractivity contribution in [2.75, 3.05) is 18.5 Å². The first-order chi connectivity index (χ1) is 11.8. The predicted molar refractivity (Wildman–Crippen MR) is 102 cm³/mol. The predicted octanol–water partition coefficient (Wildman–Crippen LogP) is 2.95. The van der Waals surface area contributed by atoms with Crippen LogP contribution in [0.4, 0.5) is 5.69 Å². The number of sulfonamides is 1. The molecule has 0 unspecified atom stereocenters. The summed E-state index contributed by atoms with van der Waals surface area (Å²) >= 11 is 3.43. The van der Waals surface area contributed by atoms with E-state index in [-0.39, 0.29) is 17.3 Å². The maximum atomic E-state index is 12.6. The molecule has 0 heterocycles. The van der Waals surface area contributed by atoms with Gasteiger partial charge in [-0.2, -0.15) is 4.72 Å². The van der Waals surface area contributed by atoms with Crippen LogP contribution in [0.1, 0.15) is 15.9 Å². The standard InChI is InChI=1S/C18H17BrN2O3S/c1-4-11-20-25(23,24)16-8-5-14(6-9-16)18(22)21(3)15-7-10-17(19)13(2)12-15/h1,5-10,12,20H,11H2,2-3H3. The van der Waals surface area contributed by atoms with Crippen LogP contribution >= 0.6 is 15.9 Å². The second-order valence-corrected chi connectivity index (χ2v) is 7.97. The SMILES string of the molecule is C#CCNS(=O)(=O)c1ccc(C(=O)N(C)c2ccc(Br)c(C)c2)cc1. The fourth-order valence-corrected chi connectivity index (χ4v) is 3.33. The Hall–Kier alpha value is -2.14. The highest BCUT2D eigenvalue weighted by Gasteiger charge is 2.17. The Labute approximate surface area is 156 Å². The smallest absolute Gasteiger partial charge is 0.258 e. The van der Waals surface area contributed by atoms with E-state index in [1.54, 1.807) is 7.05 Å².